The predicted octanol–water partition coefficient (Wildman–Crippen LogP) is 2.46. The summed E-state index contributed by atoms with van der Waals surface area (Å²) in [5.74, 6) is -2.50. The van der Waals surface area contributed by atoms with Crippen molar-refractivity contribution < 1.29 is 19.5 Å². The van der Waals surface area contributed by atoms with Gasteiger partial charge < -0.3 is 16.2 Å². The van der Waals surface area contributed by atoms with Crippen molar-refractivity contribution in [2.24, 2.45) is 5.73 Å². The van der Waals surface area contributed by atoms with Crippen LogP contribution in [0.4, 0.5) is 0 Å². The topological polar surface area (TPSA) is 109 Å². The Morgan fingerprint density at radius 2 is 1.76 bits per heavy atom. The third-order valence-corrected chi connectivity index (χ3v) is 3.92. The normalized spacial score (nSPS) is 11.6. The average molecular weight is 361 g/mol. The van der Waals surface area contributed by atoms with E-state index in [9.17, 15) is 14.4 Å². The first-order chi connectivity index (χ1) is 11.9. The van der Waals surface area contributed by atoms with Gasteiger partial charge in [-0.05, 0) is 29.7 Å². The summed E-state index contributed by atoms with van der Waals surface area (Å²) in [7, 11) is 0. The summed E-state index contributed by atoms with van der Waals surface area (Å²) in [6, 6.07) is 13.2. The zero-order valence-corrected chi connectivity index (χ0v) is 14.0. The molecule has 4 N–H and O–H groups in total. The lowest BCUT2D eigenvalue weighted by atomic mass is 10.0. The summed E-state index contributed by atoms with van der Waals surface area (Å²) < 4.78 is 0. The Morgan fingerprint density at radius 1 is 1.08 bits per heavy atom. The molecule has 2 aromatic carbocycles. The number of carbonyl (C=O) groups is 3. The number of benzene rings is 2. The highest BCUT2D eigenvalue weighted by atomic mass is 35.5. The minimum atomic E-state index is -1.24. The maximum absolute atomic E-state index is 12.3. The summed E-state index contributed by atoms with van der Waals surface area (Å²) in [4.78, 5) is 34.3. The maximum Gasteiger partial charge on any atom is 0.326 e. The number of carboxylic acids is 1. The molecule has 2 amide bonds. The molecule has 0 aromatic heterocycles. The molecule has 1 atom stereocenters. The lowest BCUT2D eigenvalue weighted by Crippen LogP contribution is -2.41. The minimum absolute atomic E-state index is 0.0872. The molecule has 0 unspecified atom stereocenters. The monoisotopic (exact) mass is 360 g/mol. The van der Waals surface area contributed by atoms with Crippen LogP contribution >= 0.6 is 11.6 Å². The van der Waals surface area contributed by atoms with Gasteiger partial charge in [-0.2, -0.15) is 0 Å². The van der Waals surface area contributed by atoms with Crippen LogP contribution in [-0.4, -0.2) is 28.9 Å². The molecule has 0 heterocycles. The van der Waals surface area contributed by atoms with E-state index in [-0.39, 0.29) is 23.4 Å². The molecule has 0 aliphatic carbocycles. The van der Waals surface area contributed by atoms with Crippen molar-refractivity contribution in [3.63, 3.8) is 0 Å². The van der Waals surface area contributed by atoms with Gasteiger partial charge in [0.25, 0.3) is 5.91 Å². The first-order valence-corrected chi connectivity index (χ1v) is 7.93. The SMILES string of the molecule is NC(=O)CC[C@H](NC(=O)c1ccc(-c2ccccc2)cc1Cl)C(=O)O. The first kappa shape index (κ1) is 18.5. The number of amides is 2. The first-order valence-electron chi connectivity index (χ1n) is 7.55. The summed E-state index contributed by atoms with van der Waals surface area (Å²) in [6.45, 7) is 0. The van der Waals surface area contributed by atoms with Gasteiger partial charge in [-0.15, -0.1) is 0 Å². The summed E-state index contributed by atoms with van der Waals surface area (Å²) in [5, 5.41) is 11.7. The van der Waals surface area contributed by atoms with Gasteiger partial charge in [0.05, 0.1) is 10.6 Å². The van der Waals surface area contributed by atoms with E-state index < -0.39 is 23.8 Å². The Kier molecular flexibility index (Phi) is 6.14. The van der Waals surface area contributed by atoms with Gasteiger partial charge in [0.1, 0.15) is 6.04 Å². The van der Waals surface area contributed by atoms with E-state index in [2.05, 4.69) is 5.32 Å². The lowest BCUT2D eigenvalue weighted by Gasteiger charge is -2.14. The molecule has 7 heteroatoms. The zero-order valence-electron chi connectivity index (χ0n) is 13.2. The van der Waals surface area contributed by atoms with Crippen LogP contribution < -0.4 is 11.1 Å². The van der Waals surface area contributed by atoms with E-state index in [1.807, 2.05) is 30.3 Å². The third-order valence-electron chi connectivity index (χ3n) is 3.60. The Balaban J connectivity index is 2.16. The molecule has 25 heavy (non-hydrogen) atoms. The molecule has 6 nitrogen and oxygen atoms in total. The average Bonchev–Trinajstić information content (AvgIpc) is 2.58. The number of rotatable bonds is 7. The van der Waals surface area contributed by atoms with E-state index >= 15 is 0 Å². The Hall–Kier alpha value is -2.86. The van der Waals surface area contributed by atoms with Crippen LogP contribution in [0.15, 0.2) is 48.5 Å². The van der Waals surface area contributed by atoms with Crippen molar-refractivity contribution in [2.75, 3.05) is 0 Å². The Labute approximate surface area is 149 Å². The molecular formula is C18H17ClN2O4. The number of nitrogens with two attached hydrogens (primary N) is 1. The summed E-state index contributed by atoms with van der Waals surface area (Å²) in [5.41, 5.74) is 6.96. The Bertz CT molecular complexity index is 793. The maximum atomic E-state index is 12.3. The number of hydrogen-bond acceptors (Lipinski definition) is 3. The standard InChI is InChI=1S/C18H17ClN2O4/c19-14-10-12(11-4-2-1-3-5-11)6-7-13(14)17(23)21-15(18(24)25)8-9-16(20)22/h1-7,10,15H,8-9H2,(H2,20,22)(H,21,23)(H,24,25)/t15-/m0/s1. The molecule has 2 aromatic rings. The third kappa shape index (κ3) is 5.06. The highest BCUT2D eigenvalue weighted by Crippen LogP contribution is 2.25. The number of hydrogen-bond donors (Lipinski definition) is 3. The van der Waals surface area contributed by atoms with E-state index in [4.69, 9.17) is 22.4 Å². The van der Waals surface area contributed by atoms with Crippen molar-refractivity contribution in [2.45, 2.75) is 18.9 Å². The number of halogens is 1. The molecule has 0 fully saturated rings. The highest BCUT2D eigenvalue weighted by Gasteiger charge is 2.22. The van der Waals surface area contributed by atoms with Crippen molar-refractivity contribution in [3.8, 4) is 11.1 Å². The van der Waals surface area contributed by atoms with Crippen molar-refractivity contribution in [3.05, 3.63) is 59.1 Å². The van der Waals surface area contributed by atoms with Crippen LogP contribution in [0.3, 0.4) is 0 Å². The predicted molar refractivity (Wildman–Crippen MR) is 94.2 cm³/mol. The van der Waals surface area contributed by atoms with Gasteiger partial charge in [0.2, 0.25) is 5.91 Å². The van der Waals surface area contributed by atoms with E-state index in [0.29, 0.717) is 0 Å². The molecule has 0 saturated heterocycles. The van der Waals surface area contributed by atoms with Crippen LogP contribution in [0, 0.1) is 0 Å². The number of carboxylic acid groups (broad SMARTS) is 1. The number of nitrogens with one attached hydrogen (secondary N) is 1. The second kappa shape index (κ2) is 8.30. The Morgan fingerprint density at radius 3 is 2.32 bits per heavy atom. The molecule has 2 rings (SSSR count). The van der Waals surface area contributed by atoms with Crippen LogP contribution in [0.2, 0.25) is 5.02 Å². The number of aliphatic carboxylic acids is 1. The summed E-state index contributed by atoms with van der Waals surface area (Å²) >= 11 is 6.18. The number of primary amides is 1. The number of carbonyl (C=O) groups excluding carboxylic acids is 2. The molecule has 0 radical (unpaired) electrons. The minimum Gasteiger partial charge on any atom is -0.480 e. The van der Waals surface area contributed by atoms with Crippen LogP contribution in [0.25, 0.3) is 11.1 Å². The second-order valence-electron chi connectivity index (χ2n) is 5.43. The van der Waals surface area contributed by atoms with Gasteiger partial charge in [-0.3, -0.25) is 9.59 Å². The molecule has 130 valence electrons. The fourth-order valence-corrected chi connectivity index (χ4v) is 2.56. The zero-order chi connectivity index (χ0) is 18.4. The largest absolute Gasteiger partial charge is 0.480 e. The van der Waals surface area contributed by atoms with Crippen molar-refractivity contribution in [1.29, 1.82) is 0 Å². The molecular weight excluding hydrogens is 344 g/mol. The van der Waals surface area contributed by atoms with Crippen molar-refractivity contribution >= 4 is 29.4 Å². The molecule has 0 bridgehead atoms. The smallest absolute Gasteiger partial charge is 0.326 e. The van der Waals surface area contributed by atoms with E-state index in [0.717, 1.165) is 11.1 Å². The highest BCUT2D eigenvalue weighted by molar-refractivity contribution is 6.34. The van der Waals surface area contributed by atoms with Gasteiger partial charge in [0, 0.05) is 6.42 Å². The second-order valence-corrected chi connectivity index (χ2v) is 5.84. The van der Waals surface area contributed by atoms with Gasteiger partial charge in [-0.25, -0.2) is 4.79 Å². The fraction of sp³-hybridized carbons (Fsp3) is 0.167. The van der Waals surface area contributed by atoms with Crippen LogP contribution in [-0.2, 0) is 9.59 Å². The van der Waals surface area contributed by atoms with Gasteiger partial charge in [-0.1, -0.05) is 48.0 Å². The summed E-state index contributed by atoms with van der Waals surface area (Å²) in [6.07, 6.45) is -0.228. The van der Waals surface area contributed by atoms with Gasteiger partial charge >= 0.3 is 5.97 Å². The quantitative estimate of drug-likeness (QED) is 0.704. The van der Waals surface area contributed by atoms with Crippen molar-refractivity contribution in [1.82, 2.24) is 5.32 Å². The van der Waals surface area contributed by atoms with Crippen LogP contribution in [0.5, 0.6) is 0 Å². The van der Waals surface area contributed by atoms with Crippen LogP contribution in [0.1, 0.15) is 23.2 Å². The van der Waals surface area contributed by atoms with E-state index in [1.165, 1.54) is 6.07 Å². The lowest BCUT2D eigenvalue weighted by molar-refractivity contribution is -0.139. The molecule has 0 spiro atoms. The molecule has 0 aliphatic rings. The molecule has 0 saturated carbocycles. The van der Waals surface area contributed by atoms with Gasteiger partial charge in [0.15, 0.2) is 0 Å². The van der Waals surface area contributed by atoms with E-state index in [1.54, 1.807) is 12.1 Å². The molecule has 0 aliphatic heterocycles. The fourth-order valence-electron chi connectivity index (χ4n) is 2.29.